The number of likely N-dealkylation sites (tertiary alicyclic amines) is 1. The molecule has 5 nitrogen and oxygen atoms in total. The Morgan fingerprint density at radius 2 is 2.05 bits per heavy atom. The van der Waals surface area contributed by atoms with Crippen LogP contribution < -0.4 is 4.90 Å². The summed E-state index contributed by atoms with van der Waals surface area (Å²) in [5, 5.41) is 0. The van der Waals surface area contributed by atoms with Gasteiger partial charge in [-0.2, -0.15) is 0 Å². The van der Waals surface area contributed by atoms with Gasteiger partial charge < -0.3 is 9.80 Å². The molecule has 0 aliphatic carbocycles. The average Bonchev–Trinajstić information content (AvgIpc) is 2.96. The highest BCUT2D eigenvalue weighted by atomic mass is 19.3. The monoisotopic (exact) mass is 310 g/mol. The molecule has 0 saturated carbocycles. The Labute approximate surface area is 128 Å². The zero-order valence-corrected chi connectivity index (χ0v) is 12.6. The van der Waals surface area contributed by atoms with Crippen molar-refractivity contribution in [1.82, 2.24) is 14.9 Å². The Balaban J connectivity index is 1.59. The van der Waals surface area contributed by atoms with Crippen molar-refractivity contribution in [3.8, 4) is 0 Å². The maximum atomic E-state index is 13.2. The van der Waals surface area contributed by atoms with Crippen molar-refractivity contribution in [2.45, 2.75) is 32.1 Å². The predicted molar refractivity (Wildman–Crippen MR) is 77.9 cm³/mol. The highest BCUT2D eigenvalue weighted by Crippen LogP contribution is 2.30. The molecule has 2 aliphatic heterocycles. The summed E-state index contributed by atoms with van der Waals surface area (Å²) < 4.78 is 26.4. The topological polar surface area (TPSA) is 49.3 Å². The molecule has 120 valence electrons. The van der Waals surface area contributed by atoms with Gasteiger partial charge in [-0.05, 0) is 19.4 Å². The van der Waals surface area contributed by atoms with Crippen LogP contribution in [-0.4, -0.2) is 52.9 Å². The number of aryl methyl sites for hydroxylation is 1. The van der Waals surface area contributed by atoms with Gasteiger partial charge in [0.1, 0.15) is 11.6 Å². The number of hydrogen-bond donors (Lipinski definition) is 0. The molecular formula is C15H20F2N4O. The van der Waals surface area contributed by atoms with Crippen molar-refractivity contribution in [3.05, 3.63) is 18.1 Å². The number of alkyl halides is 2. The number of carbonyl (C=O) groups is 1. The molecule has 0 bridgehead atoms. The van der Waals surface area contributed by atoms with Gasteiger partial charge in [0.25, 0.3) is 5.92 Å². The van der Waals surface area contributed by atoms with Crippen LogP contribution in [0, 0.1) is 12.8 Å². The smallest absolute Gasteiger partial charge is 0.251 e. The average molecular weight is 310 g/mol. The van der Waals surface area contributed by atoms with E-state index in [0.29, 0.717) is 12.4 Å². The van der Waals surface area contributed by atoms with Gasteiger partial charge in [0.05, 0.1) is 5.92 Å². The van der Waals surface area contributed by atoms with Crippen LogP contribution in [0.25, 0.3) is 0 Å². The third-order valence-corrected chi connectivity index (χ3v) is 4.43. The highest BCUT2D eigenvalue weighted by molar-refractivity contribution is 5.80. The van der Waals surface area contributed by atoms with Crippen molar-refractivity contribution >= 4 is 11.7 Å². The number of halogens is 2. The van der Waals surface area contributed by atoms with E-state index >= 15 is 0 Å². The van der Waals surface area contributed by atoms with Gasteiger partial charge in [-0.25, -0.2) is 18.7 Å². The summed E-state index contributed by atoms with van der Waals surface area (Å²) in [4.78, 5) is 24.6. The number of rotatable bonds is 2. The zero-order chi connectivity index (χ0) is 15.7. The number of anilines is 1. The van der Waals surface area contributed by atoms with E-state index in [1.807, 2.05) is 13.0 Å². The standard InChI is InChI=1S/C15H20F2N4O/c1-11-18-6-2-13(19-11)21-7-3-12(10-21)14(22)20-8-4-15(16,17)5-9-20/h2,6,12H,3-5,7-10H2,1H3. The number of nitrogens with zero attached hydrogens (tertiary/aromatic N) is 4. The molecular weight excluding hydrogens is 290 g/mol. The Kier molecular flexibility index (Phi) is 3.97. The van der Waals surface area contributed by atoms with Gasteiger partial charge in [-0.15, -0.1) is 0 Å². The zero-order valence-electron chi connectivity index (χ0n) is 12.6. The number of carbonyl (C=O) groups excluding carboxylic acids is 1. The maximum Gasteiger partial charge on any atom is 0.251 e. The van der Waals surface area contributed by atoms with Crippen molar-refractivity contribution in [2.75, 3.05) is 31.1 Å². The van der Waals surface area contributed by atoms with Crippen LogP contribution in [0.4, 0.5) is 14.6 Å². The van der Waals surface area contributed by atoms with Crippen molar-refractivity contribution in [2.24, 2.45) is 5.92 Å². The predicted octanol–water partition coefficient (Wildman–Crippen LogP) is 1.87. The van der Waals surface area contributed by atoms with Crippen LogP contribution >= 0.6 is 0 Å². The molecule has 1 aromatic rings. The molecule has 2 saturated heterocycles. The van der Waals surface area contributed by atoms with Gasteiger partial charge in [0.15, 0.2) is 0 Å². The molecule has 3 rings (SSSR count). The van der Waals surface area contributed by atoms with Crippen LogP contribution in [-0.2, 0) is 4.79 Å². The van der Waals surface area contributed by atoms with E-state index in [1.54, 1.807) is 11.1 Å². The lowest BCUT2D eigenvalue weighted by Gasteiger charge is -2.33. The van der Waals surface area contributed by atoms with E-state index in [4.69, 9.17) is 0 Å². The first kappa shape index (κ1) is 15.1. The van der Waals surface area contributed by atoms with E-state index in [0.717, 1.165) is 18.8 Å². The van der Waals surface area contributed by atoms with Gasteiger partial charge in [-0.1, -0.05) is 0 Å². The summed E-state index contributed by atoms with van der Waals surface area (Å²) in [7, 11) is 0. The Hall–Kier alpha value is -1.79. The second kappa shape index (κ2) is 5.78. The number of hydrogen-bond acceptors (Lipinski definition) is 4. The third kappa shape index (κ3) is 3.18. The minimum absolute atomic E-state index is 0.00350. The lowest BCUT2D eigenvalue weighted by atomic mass is 10.0. The molecule has 1 unspecified atom stereocenters. The quantitative estimate of drug-likeness (QED) is 0.837. The van der Waals surface area contributed by atoms with Crippen molar-refractivity contribution in [3.63, 3.8) is 0 Å². The summed E-state index contributed by atoms with van der Waals surface area (Å²) in [5.41, 5.74) is 0. The molecule has 3 heterocycles. The summed E-state index contributed by atoms with van der Waals surface area (Å²) in [6.07, 6.45) is 2.01. The van der Waals surface area contributed by atoms with Crippen LogP contribution in [0.15, 0.2) is 12.3 Å². The molecule has 1 amide bonds. The summed E-state index contributed by atoms with van der Waals surface area (Å²) >= 11 is 0. The fraction of sp³-hybridized carbons (Fsp3) is 0.667. The van der Waals surface area contributed by atoms with E-state index < -0.39 is 5.92 Å². The molecule has 1 atom stereocenters. The number of amides is 1. The lowest BCUT2D eigenvalue weighted by molar-refractivity contribution is -0.140. The minimum Gasteiger partial charge on any atom is -0.356 e. The van der Waals surface area contributed by atoms with Gasteiger partial charge in [0, 0.05) is 45.2 Å². The first-order valence-corrected chi connectivity index (χ1v) is 7.66. The SMILES string of the molecule is Cc1nccc(N2CCC(C(=O)N3CCC(F)(F)CC3)C2)n1. The summed E-state index contributed by atoms with van der Waals surface area (Å²) in [5.74, 6) is -1.21. The molecule has 0 spiro atoms. The van der Waals surface area contributed by atoms with Gasteiger partial charge in [-0.3, -0.25) is 4.79 Å². The minimum atomic E-state index is -2.61. The molecule has 2 aliphatic rings. The molecule has 0 aromatic carbocycles. The van der Waals surface area contributed by atoms with Crippen LogP contribution in [0.5, 0.6) is 0 Å². The van der Waals surface area contributed by atoms with E-state index in [2.05, 4.69) is 14.9 Å². The molecule has 7 heteroatoms. The molecule has 2 fully saturated rings. The Morgan fingerprint density at radius 3 is 2.73 bits per heavy atom. The maximum absolute atomic E-state index is 13.2. The molecule has 22 heavy (non-hydrogen) atoms. The fourth-order valence-corrected chi connectivity index (χ4v) is 3.10. The third-order valence-electron chi connectivity index (χ3n) is 4.43. The summed E-state index contributed by atoms with van der Waals surface area (Å²) in [6, 6.07) is 1.83. The van der Waals surface area contributed by atoms with Crippen LogP contribution in [0.2, 0.25) is 0 Å². The van der Waals surface area contributed by atoms with Crippen molar-refractivity contribution < 1.29 is 13.6 Å². The van der Waals surface area contributed by atoms with Crippen LogP contribution in [0.1, 0.15) is 25.1 Å². The second-order valence-electron chi connectivity index (χ2n) is 6.07. The normalized spacial score (nSPS) is 24.6. The Morgan fingerprint density at radius 1 is 1.32 bits per heavy atom. The van der Waals surface area contributed by atoms with E-state index in [1.165, 1.54) is 0 Å². The molecule has 0 N–H and O–H groups in total. The molecule has 1 aromatic heterocycles. The van der Waals surface area contributed by atoms with E-state index in [9.17, 15) is 13.6 Å². The number of aromatic nitrogens is 2. The highest BCUT2D eigenvalue weighted by Gasteiger charge is 2.38. The second-order valence-corrected chi connectivity index (χ2v) is 6.07. The van der Waals surface area contributed by atoms with Gasteiger partial charge in [0.2, 0.25) is 5.91 Å². The Bertz CT molecular complexity index is 556. The molecule has 0 radical (unpaired) electrons. The van der Waals surface area contributed by atoms with E-state index in [-0.39, 0.29) is 37.8 Å². The van der Waals surface area contributed by atoms with Crippen LogP contribution in [0.3, 0.4) is 0 Å². The first-order valence-electron chi connectivity index (χ1n) is 7.66. The largest absolute Gasteiger partial charge is 0.356 e. The lowest BCUT2D eigenvalue weighted by Crippen LogP contribution is -2.45. The first-order chi connectivity index (χ1) is 10.4. The van der Waals surface area contributed by atoms with Gasteiger partial charge >= 0.3 is 0 Å². The summed E-state index contributed by atoms with van der Waals surface area (Å²) in [6.45, 7) is 3.51. The van der Waals surface area contributed by atoms with Crippen molar-refractivity contribution in [1.29, 1.82) is 0 Å². The number of piperidine rings is 1. The fourth-order valence-electron chi connectivity index (χ4n) is 3.10.